The highest BCUT2D eigenvalue weighted by Gasteiger charge is 2.26. The van der Waals surface area contributed by atoms with E-state index in [2.05, 4.69) is 16.7 Å². The Balaban J connectivity index is 1.67. The van der Waals surface area contributed by atoms with Gasteiger partial charge in [0.1, 0.15) is 0 Å². The van der Waals surface area contributed by atoms with Gasteiger partial charge >= 0.3 is 6.03 Å². The lowest BCUT2D eigenvalue weighted by Crippen LogP contribution is -2.44. The van der Waals surface area contributed by atoms with Gasteiger partial charge < -0.3 is 10.6 Å². The van der Waals surface area contributed by atoms with Crippen molar-refractivity contribution in [1.82, 2.24) is 10.6 Å². The normalized spacial score (nSPS) is 30.3. The van der Waals surface area contributed by atoms with E-state index in [0.717, 1.165) is 38.5 Å². The van der Waals surface area contributed by atoms with Gasteiger partial charge in [0.05, 0.1) is 6.07 Å². The van der Waals surface area contributed by atoms with Crippen molar-refractivity contribution in [3.63, 3.8) is 0 Å². The minimum Gasteiger partial charge on any atom is -0.335 e. The fraction of sp³-hybridized carbons (Fsp3) is 0.818. The van der Waals surface area contributed by atoms with Crippen LogP contribution in [0.5, 0.6) is 0 Å². The van der Waals surface area contributed by atoms with Crippen LogP contribution in [0.3, 0.4) is 0 Å². The lowest BCUT2D eigenvalue weighted by atomic mass is 9.87. The van der Waals surface area contributed by atoms with Crippen molar-refractivity contribution in [2.24, 2.45) is 5.92 Å². The molecule has 2 aliphatic carbocycles. The fourth-order valence-corrected chi connectivity index (χ4v) is 2.01. The summed E-state index contributed by atoms with van der Waals surface area (Å²) >= 11 is 0. The number of amides is 2. The SMILES string of the molecule is N#CC1CCC(NC(=O)NC2CC2)CC1. The molecule has 0 heterocycles. The quantitative estimate of drug-likeness (QED) is 0.721. The number of carbonyl (C=O) groups is 1. The maximum atomic E-state index is 11.4. The maximum absolute atomic E-state index is 11.4. The van der Waals surface area contributed by atoms with Gasteiger partial charge in [-0.3, -0.25) is 0 Å². The molecule has 0 radical (unpaired) electrons. The molecule has 82 valence electrons. The van der Waals surface area contributed by atoms with E-state index in [1.807, 2.05) is 0 Å². The van der Waals surface area contributed by atoms with Crippen LogP contribution in [-0.2, 0) is 0 Å². The first kappa shape index (κ1) is 10.3. The number of nitriles is 1. The van der Waals surface area contributed by atoms with E-state index in [9.17, 15) is 4.79 Å². The van der Waals surface area contributed by atoms with Crippen LogP contribution in [0, 0.1) is 17.2 Å². The standard InChI is InChI=1S/C11H17N3O/c12-7-8-1-3-9(4-2-8)13-11(15)14-10-5-6-10/h8-10H,1-6H2,(H2,13,14,15). The number of hydrogen-bond acceptors (Lipinski definition) is 2. The topological polar surface area (TPSA) is 64.9 Å². The van der Waals surface area contributed by atoms with E-state index in [4.69, 9.17) is 5.26 Å². The second-order valence-electron chi connectivity index (χ2n) is 4.57. The maximum Gasteiger partial charge on any atom is 0.315 e. The zero-order valence-corrected chi connectivity index (χ0v) is 8.83. The van der Waals surface area contributed by atoms with E-state index >= 15 is 0 Å². The zero-order valence-electron chi connectivity index (χ0n) is 8.83. The largest absolute Gasteiger partial charge is 0.335 e. The van der Waals surface area contributed by atoms with Crippen LogP contribution in [0.15, 0.2) is 0 Å². The molecule has 2 saturated carbocycles. The van der Waals surface area contributed by atoms with Gasteiger partial charge in [0, 0.05) is 18.0 Å². The van der Waals surface area contributed by atoms with Gasteiger partial charge in [-0.05, 0) is 38.5 Å². The summed E-state index contributed by atoms with van der Waals surface area (Å²) in [7, 11) is 0. The number of urea groups is 1. The molecular formula is C11H17N3O. The summed E-state index contributed by atoms with van der Waals surface area (Å²) in [5.74, 6) is 0.203. The first-order valence-electron chi connectivity index (χ1n) is 5.74. The fourth-order valence-electron chi connectivity index (χ4n) is 2.01. The summed E-state index contributed by atoms with van der Waals surface area (Å²) in [6.45, 7) is 0. The second-order valence-corrected chi connectivity index (χ2v) is 4.57. The molecule has 0 atom stereocenters. The molecule has 0 aromatic heterocycles. The van der Waals surface area contributed by atoms with E-state index in [1.165, 1.54) is 0 Å². The monoisotopic (exact) mass is 207 g/mol. The highest BCUT2D eigenvalue weighted by Crippen LogP contribution is 2.23. The molecule has 2 fully saturated rings. The molecule has 4 nitrogen and oxygen atoms in total. The van der Waals surface area contributed by atoms with Crippen molar-refractivity contribution in [2.75, 3.05) is 0 Å². The molecule has 0 aromatic rings. The third-order valence-electron chi connectivity index (χ3n) is 3.16. The number of hydrogen-bond donors (Lipinski definition) is 2. The van der Waals surface area contributed by atoms with Crippen LogP contribution in [0.25, 0.3) is 0 Å². The van der Waals surface area contributed by atoms with Crippen molar-refractivity contribution in [2.45, 2.75) is 50.6 Å². The zero-order chi connectivity index (χ0) is 10.7. The smallest absolute Gasteiger partial charge is 0.315 e. The Kier molecular flexibility index (Phi) is 3.10. The Labute approximate surface area is 90.0 Å². The van der Waals surface area contributed by atoms with Crippen LogP contribution < -0.4 is 10.6 Å². The molecule has 2 aliphatic rings. The van der Waals surface area contributed by atoms with Gasteiger partial charge in [0.2, 0.25) is 0 Å². The summed E-state index contributed by atoms with van der Waals surface area (Å²) < 4.78 is 0. The Hall–Kier alpha value is -1.24. The number of rotatable bonds is 2. The average Bonchev–Trinajstić information content (AvgIpc) is 3.03. The van der Waals surface area contributed by atoms with Crippen molar-refractivity contribution in [3.05, 3.63) is 0 Å². The average molecular weight is 207 g/mol. The lowest BCUT2D eigenvalue weighted by molar-refractivity contribution is 0.230. The van der Waals surface area contributed by atoms with Gasteiger partial charge in [-0.1, -0.05) is 0 Å². The minimum absolute atomic E-state index is 0.0297. The number of nitrogens with zero attached hydrogens (tertiary/aromatic N) is 1. The van der Waals surface area contributed by atoms with Gasteiger partial charge in [-0.15, -0.1) is 0 Å². The predicted octanol–water partition coefficient (Wildman–Crippen LogP) is 1.53. The van der Waals surface area contributed by atoms with Gasteiger partial charge in [-0.2, -0.15) is 5.26 Å². The third-order valence-corrected chi connectivity index (χ3v) is 3.16. The molecule has 0 bridgehead atoms. The lowest BCUT2D eigenvalue weighted by Gasteiger charge is -2.25. The molecule has 15 heavy (non-hydrogen) atoms. The van der Waals surface area contributed by atoms with Crippen molar-refractivity contribution >= 4 is 6.03 Å². The van der Waals surface area contributed by atoms with Crippen LogP contribution >= 0.6 is 0 Å². The number of nitrogens with one attached hydrogen (secondary N) is 2. The van der Waals surface area contributed by atoms with E-state index in [-0.39, 0.29) is 18.0 Å². The van der Waals surface area contributed by atoms with Crippen LogP contribution in [0.4, 0.5) is 4.79 Å². The van der Waals surface area contributed by atoms with Crippen LogP contribution in [0.1, 0.15) is 38.5 Å². The van der Waals surface area contributed by atoms with Crippen molar-refractivity contribution in [3.8, 4) is 6.07 Å². The molecule has 2 N–H and O–H groups in total. The van der Waals surface area contributed by atoms with Crippen molar-refractivity contribution < 1.29 is 4.79 Å². The first-order chi connectivity index (χ1) is 7.28. The molecule has 2 amide bonds. The predicted molar refractivity (Wildman–Crippen MR) is 56.0 cm³/mol. The summed E-state index contributed by atoms with van der Waals surface area (Å²) in [6, 6.07) is 2.95. The third kappa shape index (κ3) is 3.12. The molecule has 2 rings (SSSR count). The molecule has 0 spiro atoms. The molecule has 0 aromatic carbocycles. The van der Waals surface area contributed by atoms with Gasteiger partial charge in [0.15, 0.2) is 0 Å². The summed E-state index contributed by atoms with van der Waals surface area (Å²) in [6.07, 6.45) is 5.96. The molecule has 0 aliphatic heterocycles. The summed E-state index contributed by atoms with van der Waals surface area (Å²) in [5, 5.41) is 14.6. The van der Waals surface area contributed by atoms with Crippen molar-refractivity contribution in [1.29, 1.82) is 5.26 Å². The minimum atomic E-state index is -0.0297. The Bertz CT molecular complexity index is 272. The Morgan fingerprint density at radius 1 is 1.00 bits per heavy atom. The molecule has 0 saturated heterocycles. The second kappa shape index (κ2) is 4.52. The Morgan fingerprint density at radius 3 is 1.87 bits per heavy atom. The summed E-state index contributed by atoms with van der Waals surface area (Å²) in [5.41, 5.74) is 0. The van der Waals surface area contributed by atoms with Crippen LogP contribution in [-0.4, -0.2) is 18.1 Å². The van der Waals surface area contributed by atoms with Gasteiger partial charge in [0.25, 0.3) is 0 Å². The molecule has 0 unspecified atom stereocenters. The van der Waals surface area contributed by atoms with Crippen LogP contribution in [0.2, 0.25) is 0 Å². The highest BCUT2D eigenvalue weighted by molar-refractivity contribution is 5.74. The number of carbonyl (C=O) groups excluding carboxylic acids is 1. The first-order valence-corrected chi connectivity index (χ1v) is 5.74. The molecular weight excluding hydrogens is 190 g/mol. The summed E-state index contributed by atoms with van der Waals surface area (Å²) in [4.78, 5) is 11.4. The van der Waals surface area contributed by atoms with E-state index < -0.39 is 0 Å². The van der Waals surface area contributed by atoms with E-state index in [1.54, 1.807) is 0 Å². The Morgan fingerprint density at radius 2 is 1.47 bits per heavy atom. The molecule has 4 heteroatoms. The van der Waals surface area contributed by atoms with Gasteiger partial charge in [-0.25, -0.2) is 4.79 Å². The van der Waals surface area contributed by atoms with E-state index in [0.29, 0.717) is 6.04 Å². The highest BCUT2D eigenvalue weighted by atomic mass is 16.2.